The lowest BCUT2D eigenvalue weighted by Crippen LogP contribution is -2.22. The van der Waals surface area contributed by atoms with Gasteiger partial charge in [-0.2, -0.15) is 0 Å². The average Bonchev–Trinajstić information content (AvgIpc) is 3.06. The van der Waals surface area contributed by atoms with E-state index >= 15 is 0 Å². The molecule has 0 amide bonds. The molecular weight excluding hydrogens is 398 g/mol. The Hall–Kier alpha value is -3.42. The maximum atomic E-state index is 12.1. The van der Waals surface area contributed by atoms with E-state index < -0.39 is 5.41 Å². The summed E-state index contributed by atoms with van der Waals surface area (Å²) in [5.41, 5.74) is 2.66. The Morgan fingerprint density at radius 2 is 1.84 bits per heavy atom. The van der Waals surface area contributed by atoms with Gasteiger partial charge in [-0.1, -0.05) is 12.1 Å². The molecule has 0 bridgehead atoms. The predicted octanol–water partition coefficient (Wildman–Crippen LogP) is 3.52. The Bertz CT molecular complexity index is 1060. The van der Waals surface area contributed by atoms with Gasteiger partial charge in [0, 0.05) is 17.8 Å². The molecule has 31 heavy (non-hydrogen) atoms. The molecule has 2 aliphatic rings. The number of rotatable bonds is 6. The van der Waals surface area contributed by atoms with Crippen LogP contribution in [-0.2, 0) is 33.8 Å². The van der Waals surface area contributed by atoms with E-state index in [1.165, 1.54) is 13.4 Å². The maximum absolute atomic E-state index is 12.1. The summed E-state index contributed by atoms with van der Waals surface area (Å²) in [4.78, 5) is 32.4. The van der Waals surface area contributed by atoms with Crippen molar-refractivity contribution in [2.24, 2.45) is 5.41 Å². The van der Waals surface area contributed by atoms with Crippen LogP contribution in [0.15, 0.2) is 30.6 Å². The Kier molecular flexibility index (Phi) is 6.29. The lowest BCUT2D eigenvalue weighted by atomic mass is 9.97. The SMILES string of the molecule is COC(=O)c1ccc(CCn2cnc3nc(C)c(COC(=O)C(C)(C)C)c-3c2O)cc1. The second kappa shape index (κ2) is 8.75. The Morgan fingerprint density at radius 1 is 1.16 bits per heavy atom. The van der Waals surface area contributed by atoms with E-state index in [2.05, 4.69) is 9.97 Å². The highest BCUT2D eigenvalue weighted by molar-refractivity contribution is 5.89. The number of methoxy groups -OCH3 is 1. The summed E-state index contributed by atoms with van der Waals surface area (Å²) in [7, 11) is 1.34. The van der Waals surface area contributed by atoms with E-state index in [-0.39, 0.29) is 24.4 Å². The molecule has 1 N–H and O–H groups in total. The van der Waals surface area contributed by atoms with Crippen LogP contribution in [0.3, 0.4) is 0 Å². The molecule has 0 radical (unpaired) electrons. The van der Waals surface area contributed by atoms with Crippen LogP contribution in [-0.4, -0.2) is 38.7 Å². The van der Waals surface area contributed by atoms with Crippen molar-refractivity contribution in [2.45, 2.75) is 47.3 Å². The molecule has 0 spiro atoms. The molecule has 0 fully saturated rings. The van der Waals surface area contributed by atoms with Crippen molar-refractivity contribution < 1.29 is 24.2 Å². The zero-order chi connectivity index (χ0) is 22.8. The summed E-state index contributed by atoms with van der Waals surface area (Å²) in [6, 6.07) is 7.11. The van der Waals surface area contributed by atoms with E-state index in [0.29, 0.717) is 41.2 Å². The van der Waals surface area contributed by atoms with Gasteiger partial charge in [0.15, 0.2) is 5.82 Å². The first-order chi connectivity index (χ1) is 14.6. The number of aromatic hydroxyl groups is 1. The van der Waals surface area contributed by atoms with Crippen molar-refractivity contribution in [3.05, 3.63) is 53.0 Å². The summed E-state index contributed by atoms with van der Waals surface area (Å²) in [6.07, 6.45) is 2.16. The molecular formula is C23H27N3O5. The van der Waals surface area contributed by atoms with Crippen molar-refractivity contribution in [1.29, 1.82) is 0 Å². The van der Waals surface area contributed by atoms with Crippen LogP contribution >= 0.6 is 0 Å². The molecule has 8 heteroatoms. The Balaban J connectivity index is 1.79. The number of esters is 2. The van der Waals surface area contributed by atoms with Crippen LogP contribution in [0.5, 0.6) is 5.88 Å². The number of carbonyl (C=O) groups excluding carboxylic acids is 2. The fraction of sp³-hybridized carbons (Fsp3) is 0.391. The van der Waals surface area contributed by atoms with Gasteiger partial charge in [0.2, 0.25) is 5.88 Å². The second-order valence-electron chi connectivity index (χ2n) is 8.40. The number of aromatic nitrogens is 3. The summed E-state index contributed by atoms with van der Waals surface area (Å²) < 4.78 is 11.8. The van der Waals surface area contributed by atoms with Crippen molar-refractivity contribution in [3.8, 4) is 17.3 Å². The summed E-state index contributed by atoms with van der Waals surface area (Å²) in [5, 5.41) is 10.9. The minimum Gasteiger partial charge on any atom is -0.494 e. The molecule has 1 aromatic rings. The lowest BCUT2D eigenvalue weighted by Gasteiger charge is -2.17. The van der Waals surface area contributed by atoms with Crippen molar-refractivity contribution in [1.82, 2.24) is 14.5 Å². The summed E-state index contributed by atoms with van der Waals surface area (Å²) in [6.45, 7) is 7.65. The van der Waals surface area contributed by atoms with Crippen LogP contribution in [0.4, 0.5) is 0 Å². The van der Waals surface area contributed by atoms with Gasteiger partial charge < -0.3 is 19.1 Å². The normalized spacial score (nSPS) is 11.5. The van der Waals surface area contributed by atoms with E-state index in [1.54, 1.807) is 44.4 Å². The first-order valence-corrected chi connectivity index (χ1v) is 9.99. The summed E-state index contributed by atoms with van der Waals surface area (Å²) >= 11 is 0. The first-order valence-electron chi connectivity index (χ1n) is 9.99. The number of ether oxygens (including phenoxy) is 2. The van der Waals surface area contributed by atoms with Crippen LogP contribution in [0.2, 0.25) is 0 Å². The zero-order valence-corrected chi connectivity index (χ0v) is 18.4. The molecule has 0 atom stereocenters. The number of nitrogens with zero attached hydrogens (tertiary/aromatic N) is 3. The average molecular weight is 425 g/mol. The fourth-order valence-corrected chi connectivity index (χ4v) is 3.12. The number of aryl methyl sites for hydroxylation is 3. The van der Waals surface area contributed by atoms with Crippen LogP contribution in [0, 0.1) is 12.3 Å². The van der Waals surface area contributed by atoms with Crippen LogP contribution < -0.4 is 0 Å². The van der Waals surface area contributed by atoms with E-state index in [1.807, 2.05) is 12.1 Å². The molecule has 0 unspecified atom stereocenters. The van der Waals surface area contributed by atoms with Gasteiger partial charge >= 0.3 is 11.9 Å². The van der Waals surface area contributed by atoms with Crippen molar-refractivity contribution in [3.63, 3.8) is 0 Å². The highest BCUT2D eigenvalue weighted by atomic mass is 16.5. The van der Waals surface area contributed by atoms with Crippen molar-refractivity contribution in [2.75, 3.05) is 7.11 Å². The minimum atomic E-state index is -0.618. The highest BCUT2D eigenvalue weighted by Gasteiger charge is 2.27. The number of carbonyl (C=O) groups is 2. The quantitative estimate of drug-likeness (QED) is 0.603. The molecule has 2 heterocycles. The van der Waals surface area contributed by atoms with Crippen LogP contribution in [0.25, 0.3) is 11.4 Å². The van der Waals surface area contributed by atoms with Crippen LogP contribution in [0.1, 0.15) is 48.0 Å². The first kappa shape index (κ1) is 22.3. The number of hydrogen-bond donors (Lipinski definition) is 1. The smallest absolute Gasteiger partial charge is 0.337 e. The molecule has 3 rings (SSSR count). The third-order valence-corrected chi connectivity index (χ3v) is 5.03. The molecule has 1 aromatic carbocycles. The third-order valence-electron chi connectivity index (χ3n) is 5.03. The van der Waals surface area contributed by atoms with Gasteiger partial charge in [0.1, 0.15) is 6.61 Å². The Labute approximate surface area is 181 Å². The number of benzene rings is 1. The van der Waals surface area contributed by atoms with Gasteiger partial charge in [-0.3, -0.25) is 4.79 Å². The summed E-state index contributed by atoms with van der Waals surface area (Å²) in [5.74, 6) is -0.269. The number of hydrogen-bond acceptors (Lipinski definition) is 7. The number of fused-ring (bicyclic) bond motifs is 1. The maximum Gasteiger partial charge on any atom is 0.337 e. The molecule has 0 aliphatic carbocycles. The van der Waals surface area contributed by atoms with Gasteiger partial charge in [0.25, 0.3) is 0 Å². The van der Waals surface area contributed by atoms with E-state index in [0.717, 1.165) is 5.56 Å². The van der Waals surface area contributed by atoms with Gasteiger partial charge in [-0.05, 0) is 51.8 Å². The van der Waals surface area contributed by atoms with Gasteiger partial charge in [0.05, 0.1) is 30.0 Å². The van der Waals surface area contributed by atoms with E-state index in [4.69, 9.17) is 9.47 Å². The minimum absolute atomic E-state index is 0.0205. The molecule has 164 valence electrons. The second-order valence-corrected chi connectivity index (χ2v) is 8.40. The molecule has 0 saturated heterocycles. The van der Waals surface area contributed by atoms with Gasteiger partial charge in [-0.15, -0.1) is 0 Å². The van der Waals surface area contributed by atoms with Gasteiger partial charge in [-0.25, -0.2) is 14.8 Å². The Morgan fingerprint density at radius 3 is 2.45 bits per heavy atom. The van der Waals surface area contributed by atoms with E-state index in [9.17, 15) is 14.7 Å². The fourth-order valence-electron chi connectivity index (χ4n) is 3.12. The topological polar surface area (TPSA) is 104 Å². The molecule has 0 saturated carbocycles. The predicted molar refractivity (Wildman–Crippen MR) is 114 cm³/mol. The third kappa shape index (κ3) is 4.84. The zero-order valence-electron chi connectivity index (χ0n) is 18.4. The molecule has 0 aromatic heterocycles. The standard InChI is InChI=1S/C23H27N3O5/c1-14-17(12-31-22(29)23(2,3)4)18-19(25-14)24-13-26(20(18)27)11-10-15-6-8-16(9-7-15)21(28)30-5/h6-9,13,27H,10-12H2,1-5H3. The monoisotopic (exact) mass is 425 g/mol. The largest absolute Gasteiger partial charge is 0.494 e. The molecule has 2 aliphatic heterocycles. The lowest BCUT2D eigenvalue weighted by molar-refractivity contribution is -0.154. The van der Waals surface area contributed by atoms with Crippen molar-refractivity contribution >= 4 is 11.9 Å². The highest BCUT2D eigenvalue weighted by Crippen LogP contribution is 2.35. The molecule has 8 nitrogen and oxygen atoms in total.